The first kappa shape index (κ1) is 22.5. The zero-order valence-electron chi connectivity index (χ0n) is 17.4. The second-order valence-electron chi connectivity index (χ2n) is 8.22. The lowest BCUT2D eigenvalue weighted by Crippen LogP contribution is -2.60. The van der Waals surface area contributed by atoms with Gasteiger partial charge in [-0.1, -0.05) is 36.4 Å². The Kier molecular flexibility index (Phi) is 5.05. The van der Waals surface area contributed by atoms with E-state index in [4.69, 9.17) is 12.2 Å². The Labute approximate surface area is 196 Å². The molecule has 1 spiro atoms. The predicted molar refractivity (Wildman–Crippen MR) is 122 cm³/mol. The minimum atomic E-state index is -4.97. The van der Waals surface area contributed by atoms with E-state index in [0.717, 1.165) is 11.3 Å². The average Bonchev–Trinajstić information content (AvgIpc) is 2.78. The monoisotopic (exact) mass is 493 g/mol. The Morgan fingerprint density at radius 3 is 2.03 bits per heavy atom. The molecule has 1 atom stereocenters. The van der Waals surface area contributed by atoms with Gasteiger partial charge in [0.05, 0.1) is 11.1 Å². The maximum Gasteiger partial charge on any atom is 0.416 e. The maximum absolute atomic E-state index is 13.6. The van der Waals surface area contributed by atoms with Crippen LogP contribution in [0.4, 0.5) is 43.4 Å². The fourth-order valence-corrected chi connectivity index (χ4v) is 5.02. The first-order chi connectivity index (χ1) is 16.0. The number of anilines is 3. The van der Waals surface area contributed by atoms with Gasteiger partial charge in [-0.15, -0.1) is 0 Å². The molecule has 176 valence electrons. The molecule has 5 rings (SSSR count). The van der Waals surface area contributed by atoms with E-state index < -0.39 is 29.1 Å². The summed E-state index contributed by atoms with van der Waals surface area (Å²) in [6.45, 7) is 0. The van der Waals surface area contributed by atoms with Gasteiger partial charge in [0.25, 0.3) is 0 Å². The lowest BCUT2D eigenvalue weighted by atomic mass is 9.83. The number of aryl methyl sites for hydroxylation is 1. The van der Waals surface area contributed by atoms with Crippen LogP contribution in [-0.2, 0) is 24.4 Å². The minimum absolute atomic E-state index is 0.00182. The van der Waals surface area contributed by atoms with Crippen molar-refractivity contribution in [1.29, 1.82) is 0 Å². The normalized spacial score (nSPS) is 19.8. The molecule has 0 aromatic heterocycles. The van der Waals surface area contributed by atoms with Gasteiger partial charge >= 0.3 is 12.4 Å². The van der Waals surface area contributed by atoms with Crippen LogP contribution in [0.2, 0.25) is 0 Å². The molecule has 2 aliphatic heterocycles. The van der Waals surface area contributed by atoms with Gasteiger partial charge in [-0.05, 0) is 61.0 Å². The summed E-state index contributed by atoms with van der Waals surface area (Å²) >= 11 is 5.52. The quantitative estimate of drug-likeness (QED) is 0.278. The van der Waals surface area contributed by atoms with Crippen molar-refractivity contribution in [1.82, 2.24) is 0 Å². The van der Waals surface area contributed by atoms with E-state index in [-0.39, 0.29) is 16.9 Å². The van der Waals surface area contributed by atoms with Crippen molar-refractivity contribution in [3.05, 3.63) is 89.0 Å². The fraction of sp³-hybridized carbons (Fsp3) is 0.208. The average molecular weight is 493 g/mol. The van der Waals surface area contributed by atoms with Gasteiger partial charge in [-0.25, -0.2) is 0 Å². The molecule has 0 amide bonds. The van der Waals surface area contributed by atoms with Crippen LogP contribution in [-0.4, -0.2) is 5.11 Å². The van der Waals surface area contributed by atoms with Crippen LogP contribution in [0.15, 0.2) is 66.7 Å². The van der Waals surface area contributed by atoms with Gasteiger partial charge in [-0.3, -0.25) is 4.90 Å². The Balaban J connectivity index is 1.76. The number of nitrogens with one attached hydrogen (secondary N) is 2. The summed E-state index contributed by atoms with van der Waals surface area (Å²) in [5.41, 5.74) is -1.25. The van der Waals surface area contributed by atoms with Crippen molar-refractivity contribution in [2.24, 2.45) is 0 Å². The third-order valence-electron chi connectivity index (χ3n) is 6.14. The number of rotatable bonds is 1. The Hall–Kier alpha value is -3.27. The van der Waals surface area contributed by atoms with Crippen molar-refractivity contribution >= 4 is 34.4 Å². The van der Waals surface area contributed by atoms with Gasteiger partial charge < -0.3 is 10.6 Å². The fourth-order valence-electron chi connectivity index (χ4n) is 4.65. The first-order valence-electron chi connectivity index (χ1n) is 10.4. The first-order valence-corrected chi connectivity index (χ1v) is 10.8. The van der Waals surface area contributed by atoms with E-state index >= 15 is 0 Å². The van der Waals surface area contributed by atoms with E-state index in [1.54, 1.807) is 24.3 Å². The summed E-state index contributed by atoms with van der Waals surface area (Å²) in [7, 11) is 0. The largest absolute Gasteiger partial charge is 0.416 e. The highest BCUT2D eigenvalue weighted by atomic mass is 32.1. The molecule has 10 heteroatoms. The number of alkyl halides is 6. The number of thiocarbonyl (C=S) groups is 1. The van der Waals surface area contributed by atoms with Gasteiger partial charge in [0.1, 0.15) is 5.66 Å². The second-order valence-corrected chi connectivity index (χ2v) is 8.60. The van der Waals surface area contributed by atoms with Gasteiger partial charge in [-0.2, -0.15) is 26.3 Å². The van der Waals surface area contributed by atoms with Crippen molar-refractivity contribution in [3.8, 4) is 0 Å². The molecule has 0 saturated heterocycles. The van der Waals surface area contributed by atoms with Crippen molar-refractivity contribution in [3.63, 3.8) is 0 Å². The molecule has 0 bridgehead atoms. The summed E-state index contributed by atoms with van der Waals surface area (Å²) in [5, 5.41) is 6.37. The van der Waals surface area contributed by atoms with Crippen LogP contribution in [0, 0.1) is 0 Å². The number of para-hydroxylation sites is 2. The zero-order valence-corrected chi connectivity index (χ0v) is 18.2. The SMILES string of the molecule is FC(F)(F)c1cc(N2C(=S)Nc3ccccc3C23CCc2ccccc2N3)cc(C(F)(F)F)c1. The summed E-state index contributed by atoms with van der Waals surface area (Å²) in [6, 6.07) is 16.1. The minimum Gasteiger partial charge on any atom is -0.358 e. The summed E-state index contributed by atoms with van der Waals surface area (Å²) in [5.74, 6) is 0. The van der Waals surface area contributed by atoms with Crippen LogP contribution in [0.5, 0.6) is 0 Å². The molecule has 2 N–H and O–H groups in total. The molecule has 34 heavy (non-hydrogen) atoms. The maximum atomic E-state index is 13.6. The van der Waals surface area contributed by atoms with Gasteiger partial charge in [0.2, 0.25) is 0 Å². The van der Waals surface area contributed by atoms with Crippen molar-refractivity contribution in [2.45, 2.75) is 30.9 Å². The zero-order chi connectivity index (χ0) is 24.3. The summed E-state index contributed by atoms with van der Waals surface area (Å²) in [4.78, 5) is 1.34. The molecule has 1 unspecified atom stereocenters. The molecule has 3 nitrogen and oxygen atoms in total. The number of fused-ring (bicyclic) bond motifs is 3. The lowest BCUT2D eigenvalue weighted by molar-refractivity contribution is -0.143. The molecule has 0 fully saturated rings. The molecule has 3 aromatic carbocycles. The molecule has 2 aliphatic rings. The summed E-state index contributed by atoms with van der Waals surface area (Å²) in [6.07, 6.45) is -9.04. The van der Waals surface area contributed by atoms with Crippen LogP contribution in [0.1, 0.15) is 28.7 Å². The van der Waals surface area contributed by atoms with E-state index in [1.165, 1.54) is 4.90 Å². The molecule has 3 aromatic rings. The Morgan fingerprint density at radius 2 is 1.38 bits per heavy atom. The Morgan fingerprint density at radius 1 is 0.794 bits per heavy atom. The van der Waals surface area contributed by atoms with Crippen molar-refractivity contribution in [2.75, 3.05) is 15.5 Å². The highest BCUT2D eigenvalue weighted by Gasteiger charge is 2.48. The highest BCUT2D eigenvalue weighted by molar-refractivity contribution is 7.80. The molecule has 2 heterocycles. The Bertz CT molecular complexity index is 1250. The van der Waals surface area contributed by atoms with E-state index in [0.29, 0.717) is 36.2 Å². The molecule has 0 aliphatic carbocycles. The van der Waals surface area contributed by atoms with Crippen LogP contribution >= 0.6 is 12.2 Å². The van der Waals surface area contributed by atoms with Crippen LogP contribution in [0.25, 0.3) is 0 Å². The van der Waals surface area contributed by atoms with Gasteiger partial charge in [0.15, 0.2) is 5.11 Å². The highest BCUT2D eigenvalue weighted by Crippen LogP contribution is 2.49. The molecule has 0 radical (unpaired) electrons. The van der Waals surface area contributed by atoms with Gasteiger partial charge in [0, 0.05) is 22.6 Å². The number of nitrogens with zero attached hydrogens (tertiary/aromatic N) is 1. The molecular weight excluding hydrogens is 476 g/mol. The predicted octanol–water partition coefficient (Wildman–Crippen LogP) is 7.15. The number of hydrogen-bond donors (Lipinski definition) is 2. The molecular formula is C24H17F6N3S. The number of halogens is 6. The second kappa shape index (κ2) is 7.63. The number of hydrogen-bond acceptors (Lipinski definition) is 2. The van der Waals surface area contributed by atoms with Crippen LogP contribution in [0.3, 0.4) is 0 Å². The van der Waals surface area contributed by atoms with E-state index in [1.807, 2.05) is 24.3 Å². The topological polar surface area (TPSA) is 27.3 Å². The van der Waals surface area contributed by atoms with Crippen molar-refractivity contribution < 1.29 is 26.3 Å². The summed E-state index contributed by atoms with van der Waals surface area (Å²) < 4.78 is 81.7. The van der Waals surface area contributed by atoms with E-state index in [9.17, 15) is 26.3 Å². The smallest absolute Gasteiger partial charge is 0.358 e. The third kappa shape index (κ3) is 3.66. The van der Waals surface area contributed by atoms with Crippen LogP contribution < -0.4 is 15.5 Å². The third-order valence-corrected chi connectivity index (χ3v) is 6.43. The number of benzene rings is 3. The molecule has 0 saturated carbocycles. The standard InChI is InChI=1S/C24H17F6N3S/c25-23(26,27)15-11-16(24(28,29)30)13-17(12-15)33-21(34)31-20-8-4-2-6-18(20)22(33)10-9-14-5-1-3-7-19(14)32-22/h1-8,11-13,32H,9-10H2,(H,31,34). The van der Waals surface area contributed by atoms with E-state index in [2.05, 4.69) is 10.6 Å². The lowest BCUT2D eigenvalue weighted by Gasteiger charge is -2.52.